The maximum atomic E-state index is 11.1. The number of nitrogens with one attached hydrogen (secondary N) is 1. The van der Waals surface area contributed by atoms with Crippen LogP contribution in [0.5, 0.6) is 5.75 Å². The van der Waals surface area contributed by atoms with E-state index < -0.39 is 5.91 Å². The first kappa shape index (κ1) is 11.0. The summed E-state index contributed by atoms with van der Waals surface area (Å²) in [6.45, 7) is 0. The molecule has 0 atom stereocenters. The van der Waals surface area contributed by atoms with Crippen LogP contribution in [0.3, 0.4) is 0 Å². The minimum absolute atomic E-state index is 0.0178. The van der Waals surface area contributed by atoms with Crippen LogP contribution >= 0.6 is 0 Å². The Hall–Kier alpha value is -2.04. The Labute approximate surface area is 87.2 Å². The van der Waals surface area contributed by atoms with Gasteiger partial charge >= 0.3 is 0 Å². The summed E-state index contributed by atoms with van der Waals surface area (Å²) in [4.78, 5) is 26.4. The molecule has 0 unspecified atom stereocenters. The Kier molecular flexibility index (Phi) is 4.15. The molecule has 0 fully saturated rings. The predicted octanol–water partition coefficient (Wildman–Crippen LogP) is 0.362. The topological polar surface area (TPSA) is 81.4 Å². The van der Waals surface area contributed by atoms with E-state index in [1.807, 2.05) is 6.07 Å². The Bertz CT molecular complexity index is 338. The number of hydrogen-bond acceptors (Lipinski definition) is 3. The highest BCUT2D eigenvalue weighted by molar-refractivity contribution is 5.82. The van der Waals surface area contributed by atoms with Crippen molar-refractivity contribution in [1.29, 1.82) is 0 Å². The summed E-state index contributed by atoms with van der Waals surface area (Å²) in [5.41, 5.74) is 7.10. The molecule has 15 heavy (non-hydrogen) atoms. The fourth-order valence-corrected chi connectivity index (χ4v) is 0.892. The van der Waals surface area contributed by atoms with Crippen LogP contribution in [0.4, 0.5) is 0 Å². The molecule has 0 aliphatic carbocycles. The van der Waals surface area contributed by atoms with Gasteiger partial charge in [-0.1, -0.05) is 18.2 Å². The first-order valence-corrected chi connectivity index (χ1v) is 4.47. The van der Waals surface area contributed by atoms with Crippen LogP contribution in [0.25, 0.3) is 0 Å². The van der Waals surface area contributed by atoms with Gasteiger partial charge in [-0.05, 0) is 12.1 Å². The second-order valence-electron chi connectivity index (χ2n) is 2.91. The van der Waals surface area contributed by atoms with Crippen molar-refractivity contribution in [2.45, 2.75) is 12.8 Å². The fraction of sp³-hybridized carbons (Fsp3) is 0.200. The second-order valence-corrected chi connectivity index (χ2v) is 2.91. The molecule has 5 nitrogen and oxygen atoms in total. The van der Waals surface area contributed by atoms with E-state index in [2.05, 4.69) is 5.48 Å². The molecule has 2 amide bonds. The highest BCUT2D eigenvalue weighted by Crippen LogP contribution is 2.06. The Morgan fingerprint density at radius 3 is 2.47 bits per heavy atom. The van der Waals surface area contributed by atoms with Crippen LogP contribution in [-0.2, 0) is 9.59 Å². The Morgan fingerprint density at radius 1 is 1.20 bits per heavy atom. The molecular formula is C10H12N2O3. The van der Waals surface area contributed by atoms with E-state index in [-0.39, 0.29) is 18.7 Å². The number of carbonyl (C=O) groups excluding carboxylic acids is 2. The monoisotopic (exact) mass is 208 g/mol. The van der Waals surface area contributed by atoms with E-state index in [0.29, 0.717) is 5.75 Å². The van der Waals surface area contributed by atoms with Gasteiger partial charge in [-0.3, -0.25) is 9.59 Å². The number of carbonyl (C=O) groups is 2. The average molecular weight is 208 g/mol. The molecule has 0 saturated heterocycles. The highest BCUT2D eigenvalue weighted by atomic mass is 16.7. The number of rotatable bonds is 5. The number of para-hydroxylation sites is 1. The van der Waals surface area contributed by atoms with Crippen molar-refractivity contribution in [3.05, 3.63) is 30.3 Å². The lowest BCUT2D eigenvalue weighted by Gasteiger charge is -2.05. The molecule has 80 valence electrons. The number of amides is 2. The largest absolute Gasteiger partial charge is 0.380 e. The molecule has 0 radical (unpaired) electrons. The van der Waals surface area contributed by atoms with Crippen molar-refractivity contribution in [2.75, 3.05) is 0 Å². The quantitative estimate of drug-likeness (QED) is 0.685. The third-order valence-electron chi connectivity index (χ3n) is 1.62. The van der Waals surface area contributed by atoms with Crippen molar-refractivity contribution in [3.63, 3.8) is 0 Å². The van der Waals surface area contributed by atoms with Gasteiger partial charge in [0, 0.05) is 12.8 Å². The molecule has 0 heterocycles. The minimum atomic E-state index is -0.509. The maximum absolute atomic E-state index is 11.1. The van der Waals surface area contributed by atoms with E-state index in [1.165, 1.54) is 0 Å². The second kappa shape index (κ2) is 5.64. The SMILES string of the molecule is NC(=O)CCC(=O)NOc1ccccc1. The average Bonchev–Trinajstić information content (AvgIpc) is 2.25. The van der Waals surface area contributed by atoms with Crippen LogP contribution in [0.1, 0.15) is 12.8 Å². The molecule has 0 bridgehead atoms. The maximum Gasteiger partial charge on any atom is 0.253 e. The van der Waals surface area contributed by atoms with Crippen molar-refractivity contribution < 1.29 is 14.4 Å². The first-order valence-electron chi connectivity index (χ1n) is 4.47. The van der Waals surface area contributed by atoms with Crippen molar-refractivity contribution in [1.82, 2.24) is 5.48 Å². The van der Waals surface area contributed by atoms with Crippen molar-refractivity contribution in [3.8, 4) is 5.75 Å². The van der Waals surface area contributed by atoms with Gasteiger partial charge in [-0.25, -0.2) is 0 Å². The lowest BCUT2D eigenvalue weighted by molar-refractivity contribution is -0.130. The van der Waals surface area contributed by atoms with Gasteiger partial charge in [0.15, 0.2) is 5.75 Å². The van der Waals surface area contributed by atoms with Gasteiger partial charge in [0.1, 0.15) is 0 Å². The third-order valence-corrected chi connectivity index (χ3v) is 1.62. The zero-order valence-corrected chi connectivity index (χ0v) is 8.10. The molecule has 1 aromatic carbocycles. The van der Waals surface area contributed by atoms with Crippen molar-refractivity contribution >= 4 is 11.8 Å². The van der Waals surface area contributed by atoms with E-state index >= 15 is 0 Å². The van der Waals surface area contributed by atoms with Gasteiger partial charge in [0.05, 0.1) is 0 Å². The van der Waals surface area contributed by atoms with Gasteiger partial charge in [0.2, 0.25) is 5.91 Å². The van der Waals surface area contributed by atoms with Crippen LogP contribution in [0.15, 0.2) is 30.3 Å². The van der Waals surface area contributed by atoms with Crippen LogP contribution in [0, 0.1) is 0 Å². The van der Waals surface area contributed by atoms with Gasteiger partial charge in [-0.2, -0.15) is 5.48 Å². The number of primary amides is 1. The molecule has 0 aliphatic rings. The minimum Gasteiger partial charge on any atom is -0.380 e. The van der Waals surface area contributed by atoms with Gasteiger partial charge < -0.3 is 10.6 Å². The van der Waals surface area contributed by atoms with Crippen molar-refractivity contribution in [2.24, 2.45) is 5.73 Å². The Balaban J connectivity index is 2.26. The molecule has 3 N–H and O–H groups in total. The molecule has 0 aliphatic heterocycles. The highest BCUT2D eigenvalue weighted by Gasteiger charge is 2.03. The van der Waals surface area contributed by atoms with E-state index in [1.54, 1.807) is 24.3 Å². The molecule has 0 spiro atoms. The smallest absolute Gasteiger partial charge is 0.253 e. The lowest BCUT2D eigenvalue weighted by Crippen LogP contribution is -2.28. The lowest BCUT2D eigenvalue weighted by atomic mass is 10.3. The summed E-state index contributed by atoms with van der Waals surface area (Å²) in [7, 11) is 0. The summed E-state index contributed by atoms with van der Waals surface area (Å²) in [6, 6.07) is 8.81. The molecule has 0 aromatic heterocycles. The van der Waals surface area contributed by atoms with E-state index in [9.17, 15) is 9.59 Å². The zero-order valence-electron chi connectivity index (χ0n) is 8.10. The van der Waals surface area contributed by atoms with E-state index in [4.69, 9.17) is 10.6 Å². The molecule has 1 aromatic rings. The summed E-state index contributed by atoms with van der Waals surface area (Å²) in [5, 5.41) is 0. The number of benzene rings is 1. The summed E-state index contributed by atoms with van der Waals surface area (Å²) in [5.74, 6) is -0.354. The third kappa shape index (κ3) is 4.66. The Morgan fingerprint density at radius 2 is 1.87 bits per heavy atom. The number of nitrogens with two attached hydrogens (primary N) is 1. The van der Waals surface area contributed by atoms with E-state index in [0.717, 1.165) is 0 Å². The van der Waals surface area contributed by atoms with Gasteiger partial charge in [-0.15, -0.1) is 0 Å². The summed E-state index contributed by atoms with van der Waals surface area (Å²) >= 11 is 0. The molecule has 1 rings (SSSR count). The molecular weight excluding hydrogens is 196 g/mol. The van der Waals surface area contributed by atoms with Crippen LogP contribution in [-0.4, -0.2) is 11.8 Å². The zero-order chi connectivity index (χ0) is 11.1. The van der Waals surface area contributed by atoms with Gasteiger partial charge in [0.25, 0.3) is 5.91 Å². The number of hydrogen-bond donors (Lipinski definition) is 2. The predicted molar refractivity (Wildman–Crippen MR) is 53.6 cm³/mol. The summed E-state index contributed by atoms with van der Waals surface area (Å²) in [6.07, 6.45) is 0.0478. The first-order chi connectivity index (χ1) is 7.18. The van der Waals surface area contributed by atoms with Crippen LogP contribution in [0.2, 0.25) is 0 Å². The fourth-order valence-electron chi connectivity index (χ4n) is 0.892. The molecule has 0 saturated carbocycles. The van der Waals surface area contributed by atoms with Crippen LogP contribution < -0.4 is 16.1 Å². The number of hydroxylamine groups is 1. The normalized spacial score (nSPS) is 9.33. The standard InChI is InChI=1S/C10H12N2O3/c11-9(13)6-7-10(14)12-15-8-4-2-1-3-5-8/h1-5H,6-7H2,(H2,11,13)(H,12,14). The summed E-state index contributed by atoms with van der Waals surface area (Å²) < 4.78 is 0. The molecule has 5 heteroatoms.